The van der Waals surface area contributed by atoms with Crippen molar-refractivity contribution in [3.05, 3.63) is 39.3 Å². The highest BCUT2D eigenvalue weighted by Gasteiger charge is 2.11. The molecule has 0 aliphatic rings. The standard InChI is InChI=1S/C13H14BrN3O3S2/c1-8-3-4-11(10(14)5-8)16-12(18)6-9-7-21-13(15-9)17-22(2,19)20/h3-5,7H,6H2,1-2H3,(H,15,17)(H,16,18). The van der Waals surface area contributed by atoms with E-state index in [4.69, 9.17) is 0 Å². The SMILES string of the molecule is Cc1ccc(NC(=O)Cc2csc(NS(C)(=O)=O)n2)c(Br)c1. The first-order chi connectivity index (χ1) is 10.2. The van der Waals surface area contributed by atoms with Crippen LogP contribution in [0.2, 0.25) is 0 Å². The normalized spacial score (nSPS) is 11.2. The van der Waals surface area contributed by atoms with E-state index in [0.717, 1.165) is 27.6 Å². The van der Waals surface area contributed by atoms with Crippen molar-refractivity contribution in [2.24, 2.45) is 0 Å². The van der Waals surface area contributed by atoms with E-state index >= 15 is 0 Å². The van der Waals surface area contributed by atoms with Crippen LogP contribution in [0.5, 0.6) is 0 Å². The van der Waals surface area contributed by atoms with Crippen molar-refractivity contribution in [2.45, 2.75) is 13.3 Å². The molecular weight excluding hydrogens is 390 g/mol. The number of nitrogens with one attached hydrogen (secondary N) is 2. The molecule has 0 bridgehead atoms. The molecule has 2 aromatic rings. The number of hydrogen-bond donors (Lipinski definition) is 2. The Morgan fingerprint density at radius 1 is 1.41 bits per heavy atom. The molecule has 0 atom stereocenters. The van der Waals surface area contributed by atoms with Gasteiger partial charge in [-0.2, -0.15) is 0 Å². The first-order valence-electron chi connectivity index (χ1n) is 6.21. The van der Waals surface area contributed by atoms with Gasteiger partial charge in [0, 0.05) is 9.85 Å². The minimum Gasteiger partial charge on any atom is -0.325 e. The maximum Gasteiger partial charge on any atom is 0.231 e. The summed E-state index contributed by atoms with van der Waals surface area (Å²) in [4.78, 5) is 16.1. The van der Waals surface area contributed by atoms with Gasteiger partial charge in [-0.1, -0.05) is 6.07 Å². The lowest BCUT2D eigenvalue weighted by atomic mass is 10.2. The molecule has 2 rings (SSSR count). The number of thiazole rings is 1. The summed E-state index contributed by atoms with van der Waals surface area (Å²) in [6.07, 6.45) is 1.12. The Hall–Kier alpha value is -1.45. The van der Waals surface area contributed by atoms with Gasteiger partial charge < -0.3 is 5.32 Å². The third-order valence-electron chi connectivity index (χ3n) is 2.56. The number of sulfonamides is 1. The summed E-state index contributed by atoms with van der Waals surface area (Å²) in [6, 6.07) is 5.62. The van der Waals surface area contributed by atoms with Gasteiger partial charge >= 0.3 is 0 Å². The molecule has 0 aliphatic carbocycles. The van der Waals surface area contributed by atoms with E-state index in [1.165, 1.54) is 0 Å². The lowest BCUT2D eigenvalue weighted by molar-refractivity contribution is -0.115. The first-order valence-corrected chi connectivity index (χ1v) is 9.77. The van der Waals surface area contributed by atoms with E-state index in [1.807, 2.05) is 25.1 Å². The quantitative estimate of drug-likeness (QED) is 0.802. The molecule has 0 aliphatic heterocycles. The Morgan fingerprint density at radius 2 is 2.14 bits per heavy atom. The molecule has 6 nitrogen and oxygen atoms in total. The van der Waals surface area contributed by atoms with Crippen LogP contribution in [0, 0.1) is 6.92 Å². The fourth-order valence-corrected chi connectivity index (χ4v) is 3.83. The van der Waals surface area contributed by atoms with Crippen LogP contribution in [0.4, 0.5) is 10.8 Å². The van der Waals surface area contributed by atoms with E-state index in [1.54, 1.807) is 5.38 Å². The number of halogens is 1. The van der Waals surface area contributed by atoms with Crippen LogP contribution in [-0.2, 0) is 21.2 Å². The maximum absolute atomic E-state index is 12.0. The van der Waals surface area contributed by atoms with Crippen molar-refractivity contribution in [2.75, 3.05) is 16.3 Å². The number of aryl methyl sites for hydroxylation is 1. The summed E-state index contributed by atoms with van der Waals surface area (Å²) in [6.45, 7) is 1.96. The van der Waals surface area contributed by atoms with Crippen LogP contribution in [0.25, 0.3) is 0 Å². The van der Waals surface area contributed by atoms with Crippen LogP contribution in [0.15, 0.2) is 28.1 Å². The monoisotopic (exact) mass is 403 g/mol. The van der Waals surface area contributed by atoms with Gasteiger partial charge in [0.1, 0.15) is 0 Å². The molecule has 0 radical (unpaired) electrons. The molecule has 0 fully saturated rings. The number of amides is 1. The molecule has 118 valence electrons. The summed E-state index contributed by atoms with van der Waals surface area (Å²) >= 11 is 4.53. The fourth-order valence-electron chi connectivity index (χ4n) is 1.67. The highest BCUT2D eigenvalue weighted by atomic mass is 79.9. The molecule has 0 spiro atoms. The molecular formula is C13H14BrN3O3S2. The zero-order chi connectivity index (χ0) is 16.3. The summed E-state index contributed by atoms with van der Waals surface area (Å²) in [7, 11) is -3.36. The third-order valence-corrected chi connectivity index (χ3v) is 4.72. The summed E-state index contributed by atoms with van der Waals surface area (Å²) in [5, 5.41) is 4.69. The highest BCUT2D eigenvalue weighted by molar-refractivity contribution is 9.10. The summed E-state index contributed by atoms with van der Waals surface area (Å²) < 4.78 is 25.3. The topological polar surface area (TPSA) is 88.2 Å². The van der Waals surface area contributed by atoms with Crippen LogP contribution in [-0.4, -0.2) is 25.6 Å². The van der Waals surface area contributed by atoms with Gasteiger partial charge in [-0.25, -0.2) is 13.4 Å². The van der Waals surface area contributed by atoms with E-state index < -0.39 is 10.0 Å². The zero-order valence-electron chi connectivity index (χ0n) is 11.9. The largest absolute Gasteiger partial charge is 0.325 e. The second kappa shape index (κ2) is 6.76. The molecule has 1 aromatic carbocycles. The fraction of sp³-hybridized carbons (Fsp3) is 0.231. The van der Waals surface area contributed by atoms with Crippen molar-refractivity contribution in [1.82, 2.24) is 4.98 Å². The van der Waals surface area contributed by atoms with Crippen LogP contribution in [0.3, 0.4) is 0 Å². The van der Waals surface area contributed by atoms with Crippen molar-refractivity contribution in [3.8, 4) is 0 Å². The van der Waals surface area contributed by atoms with Crippen molar-refractivity contribution >= 4 is 54.0 Å². The molecule has 1 aromatic heterocycles. The Kier molecular flexibility index (Phi) is 5.20. The lowest BCUT2D eigenvalue weighted by Gasteiger charge is -2.07. The Labute approximate surface area is 141 Å². The molecule has 9 heteroatoms. The Morgan fingerprint density at radius 3 is 2.77 bits per heavy atom. The average Bonchev–Trinajstić information content (AvgIpc) is 2.77. The van der Waals surface area contributed by atoms with E-state index in [2.05, 4.69) is 31.0 Å². The number of aromatic nitrogens is 1. The van der Waals surface area contributed by atoms with E-state index in [-0.39, 0.29) is 17.5 Å². The number of carbonyl (C=O) groups excluding carboxylic acids is 1. The summed E-state index contributed by atoms with van der Waals surface area (Å²) in [5.74, 6) is -0.222. The molecule has 22 heavy (non-hydrogen) atoms. The number of anilines is 2. The number of hydrogen-bond acceptors (Lipinski definition) is 5. The number of benzene rings is 1. The predicted molar refractivity (Wildman–Crippen MR) is 91.8 cm³/mol. The van der Waals surface area contributed by atoms with Crippen LogP contribution in [0.1, 0.15) is 11.3 Å². The van der Waals surface area contributed by atoms with Crippen molar-refractivity contribution in [1.29, 1.82) is 0 Å². The first kappa shape index (κ1) is 16.9. The van der Waals surface area contributed by atoms with Crippen molar-refractivity contribution in [3.63, 3.8) is 0 Å². The molecule has 0 saturated heterocycles. The smallest absolute Gasteiger partial charge is 0.231 e. The van der Waals surface area contributed by atoms with E-state index in [9.17, 15) is 13.2 Å². The number of carbonyl (C=O) groups is 1. The van der Waals surface area contributed by atoms with Gasteiger partial charge in [0.25, 0.3) is 0 Å². The molecule has 2 N–H and O–H groups in total. The molecule has 1 amide bonds. The maximum atomic E-state index is 12.0. The third kappa shape index (κ3) is 5.08. The van der Waals surface area contributed by atoms with Gasteiger partial charge in [-0.3, -0.25) is 9.52 Å². The summed E-state index contributed by atoms with van der Waals surface area (Å²) in [5.41, 5.74) is 2.28. The predicted octanol–water partition coefficient (Wildman–Crippen LogP) is 2.77. The average molecular weight is 404 g/mol. The minimum atomic E-state index is -3.36. The van der Waals surface area contributed by atoms with Crippen molar-refractivity contribution < 1.29 is 13.2 Å². The Bertz CT molecular complexity index is 803. The van der Waals surface area contributed by atoms with Gasteiger partial charge in [-0.05, 0) is 40.5 Å². The second-order valence-corrected chi connectivity index (χ2v) is 8.19. The number of rotatable bonds is 5. The molecule has 1 heterocycles. The zero-order valence-corrected chi connectivity index (χ0v) is 15.1. The van der Waals surface area contributed by atoms with E-state index in [0.29, 0.717) is 11.4 Å². The van der Waals surface area contributed by atoms with Crippen LogP contribution < -0.4 is 10.0 Å². The molecule has 0 unspecified atom stereocenters. The second-order valence-electron chi connectivity index (χ2n) is 4.73. The molecule has 0 saturated carbocycles. The van der Waals surface area contributed by atoms with Gasteiger partial charge in [0.05, 0.1) is 24.1 Å². The minimum absolute atomic E-state index is 0.0717. The van der Waals surface area contributed by atoms with Gasteiger partial charge in [-0.15, -0.1) is 11.3 Å². The van der Waals surface area contributed by atoms with Crippen LogP contribution >= 0.6 is 27.3 Å². The van der Waals surface area contributed by atoms with Gasteiger partial charge in [0.2, 0.25) is 15.9 Å². The lowest BCUT2D eigenvalue weighted by Crippen LogP contribution is -2.15. The highest BCUT2D eigenvalue weighted by Crippen LogP contribution is 2.24. The van der Waals surface area contributed by atoms with Gasteiger partial charge in [0.15, 0.2) is 5.13 Å². The number of nitrogens with zero attached hydrogens (tertiary/aromatic N) is 1. The Balaban J connectivity index is 2.00.